The first-order chi connectivity index (χ1) is 8.50. The maximum atomic E-state index is 13.5. The van der Waals surface area contributed by atoms with E-state index in [4.69, 9.17) is 0 Å². The van der Waals surface area contributed by atoms with E-state index in [1.165, 1.54) is 6.42 Å². The molecule has 0 unspecified atom stereocenters. The van der Waals surface area contributed by atoms with Crippen molar-refractivity contribution in [2.24, 2.45) is 0 Å². The van der Waals surface area contributed by atoms with Gasteiger partial charge in [0.05, 0.1) is 0 Å². The van der Waals surface area contributed by atoms with Crippen LogP contribution in [0.15, 0.2) is 12.1 Å². The zero-order chi connectivity index (χ0) is 13.2. The fraction of sp³-hybridized carbons (Fsp3) is 0.571. The number of benzene rings is 1. The molecule has 2 rings (SSSR count). The SMILES string of the molecule is CC1(NCc2cc(F)c(F)cc2F)CCCCC1. The van der Waals surface area contributed by atoms with Crippen molar-refractivity contribution in [3.63, 3.8) is 0 Å². The van der Waals surface area contributed by atoms with Crippen LogP contribution in [-0.4, -0.2) is 5.54 Å². The van der Waals surface area contributed by atoms with E-state index in [0.29, 0.717) is 6.07 Å². The molecule has 100 valence electrons. The summed E-state index contributed by atoms with van der Waals surface area (Å²) in [6, 6.07) is 1.54. The largest absolute Gasteiger partial charge is 0.307 e. The van der Waals surface area contributed by atoms with Gasteiger partial charge in [-0.25, -0.2) is 13.2 Å². The predicted octanol–water partition coefficient (Wildman–Crippen LogP) is 3.92. The van der Waals surface area contributed by atoms with Crippen molar-refractivity contribution >= 4 is 0 Å². The van der Waals surface area contributed by atoms with Gasteiger partial charge in [-0.1, -0.05) is 19.3 Å². The van der Waals surface area contributed by atoms with Crippen LogP contribution in [-0.2, 0) is 6.54 Å². The van der Waals surface area contributed by atoms with Gasteiger partial charge in [0.25, 0.3) is 0 Å². The van der Waals surface area contributed by atoms with Gasteiger partial charge >= 0.3 is 0 Å². The summed E-state index contributed by atoms with van der Waals surface area (Å²) < 4.78 is 39.3. The van der Waals surface area contributed by atoms with E-state index >= 15 is 0 Å². The first-order valence-corrected chi connectivity index (χ1v) is 6.39. The zero-order valence-corrected chi connectivity index (χ0v) is 10.5. The molecule has 1 aromatic rings. The Morgan fingerprint density at radius 1 is 1.00 bits per heavy atom. The number of nitrogens with one attached hydrogen (secondary N) is 1. The van der Waals surface area contributed by atoms with Gasteiger partial charge in [-0.05, 0) is 25.8 Å². The van der Waals surface area contributed by atoms with Crippen molar-refractivity contribution in [2.45, 2.75) is 51.1 Å². The van der Waals surface area contributed by atoms with E-state index in [-0.39, 0.29) is 17.6 Å². The average molecular weight is 257 g/mol. The molecule has 18 heavy (non-hydrogen) atoms. The Bertz CT molecular complexity index is 425. The van der Waals surface area contributed by atoms with Crippen molar-refractivity contribution in [2.75, 3.05) is 0 Å². The molecule has 0 aliphatic heterocycles. The molecule has 0 heterocycles. The third-order valence-corrected chi connectivity index (χ3v) is 3.75. The fourth-order valence-electron chi connectivity index (χ4n) is 2.52. The minimum absolute atomic E-state index is 0.0183. The monoisotopic (exact) mass is 257 g/mol. The van der Waals surface area contributed by atoms with Gasteiger partial charge < -0.3 is 5.32 Å². The maximum absolute atomic E-state index is 13.5. The van der Waals surface area contributed by atoms with Crippen LogP contribution in [0, 0.1) is 17.5 Å². The molecule has 1 fully saturated rings. The lowest BCUT2D eigenvalue weighted by Gasteiger charge is -2.34. The van der Waals surface area contributed by atoms with Crippen LogP contribution in [0.5, 0.6) is 0 Å². The highest BCUT2D eigenvalue weighted by Crippen LogP contribution is 2.28. The first-order valence-electron chi connectivity index (χ1n) is 6.39. The Hall–Kier alpha value is -1.03. The van der Waals surface area contributed by atoms with E-state index in [9.17, 15) is 13.2 Å². The molecule has 1 nitrogen and oxygen atoms in total. The van der Waals surface area contributed by atoms with Crippen LogP contribution in [0.3, 0.4) is 0 Å². The summed E-state index contributed by atoms with van der Waals surface area (Å²) >= 11 is 0. The summed E-state index contributed by atoms with van der Waals surface area (Å²) in [6.45, 7) is 2.34. The molecule has 0 bridgehead atoms. The lowest BCUT2D eigenvalue weighted by atomic mass is 9.83. The molecule has 0 amide bonds. The van der Waals surface area contributed by atoms with Crippen LogP contribution in [0.1, 0.15) is 44.6 Å². The van der Waals surface area contributed by atoms with E-state index in [2.05, 4.69) is 12.2 Å². The van der Waals surface area contributed by atoms with Gasteiger partial charge in [-0.15, -0.1) is 0 Å². The lowest BCUT2D eigenvalue weighted by Crippen LogP contribution is -2.43. The molecule has 1 aliphatic carbocycles. The summed E-state index contributed by atoms with van der Waals surface area (Å²) in [7, 11) is 0. The smallest absolute Gasteiger partial charge is 0.161 e. The maximum Gasteiger partial charge on any atom is 0.161 e. The van der Waals surface area contributed by atoms with Crippen LogP contribution in [0.25, 0.3) is 0 Å². The normalized spacial score (nSPS) is 18.9. The third-order valence-electron chi connectivity index (χ3n) is 3.75. The summed E-state index contributed by atoms with van der Waals surface area (Å²) in [5.41, 5.74) is 0.163. The van der Waals surface area contributed by atoms with Crippen molar-refractivity contribution < 1.29 is 13.2 Å². The van der Waals surface area contributed by atoms with Crippen molar-refractivity contribution in [3.05, 3.63) is 35.1 Å². The van der Waals surface area contributed by atoms with E-state index in [1.807, 2.05) is 0 Å². The Morgan fingerprint density at radius 2 is 1.61 bits per heavy atom. The highest BCUT2D eigenvalue weighted by atomic mass is 19.2. The summed E-state index contributed by atoms with van der Waals surface area (Å²) in [4.78, 5) is 0. The first kappa shape index (κ1) is 13.4. The Balaban J connectivity index is 2.03. The Morgan fingerprint density at radius 3 is 2.28 bits per heavy atom. The summed E-state index contributed by atoms with van der Waals surface area (Å²) in [6.07, 6.45) is 5.63. The molecule has 0 atom stereocenters. The highest BCUT2D eigenvalue weighted by Gasteiger charge is 2.26. The fourth-order valence-corrected chi connectivity index (χ4v) is 2.52. The Kier molecular flexibility index (Phi) is 3.95. The van der Waals surface area contributed by atoms with Gasteiger partial charge in [0.1, 0.15) is 5.82 Å². The molecule has 0 radical (unpaired) electrons. The predicted molar refractivity (Wildman–Crippen MR) is 64.6 cm³/mol. The standard InChI is InChI=1S/C14H18F3N/c1-14(5-3-2-4-6-14)18-9-10-7-12(16)13(17)8-11(10)15/h7-8,18H,2-6,9H2,1H3. The van der Waals surface area contributed by atoms with Gasteiger partial charge in [-0.2, -0.15) is 0 Å². The minimum Gasteiger partial charge on any atom is -0.307 e. The quantitative estimate of drug-likeness (QED) is 0.809. The molecular weight excluding hydrogens is 239 g/mol. The molecule has 0 aromatic heterocycles. The van der Waals surface area contributed by atoms with Crippen LogP contribution in [0.2, 0.25) is 0 Å². The van der Waals surface area contributed by atoms with Gasteiger partial charge in [0.15, 0.2) is 11.6 Å². The van der Waals surface area contributed by atoms with Crippen LogP contribution >= 0.6 is 0 Å². The molecule has 1 N–H and O–H groups in total. The van der Waals surface area contributed by atoms with E-state index in [0.717, 1.165) is 31.7 Å². The van der Waals surface area contributed by atoms with E-state index in [1.54, 1.807) is 0 Å². The Labute approximate surface area is 105 Å². The van der Waals surface area contributed by atoms with Gasteiger partial charge in [0, 0.05) is 23.7 Å². The molecule has 4 heteroatoms. The average Bonchev–Trinajstić information content (AvgIpc) is 2.33. The topological polar surface area (TPSA) is 12.0 Å². The number of halogens is 3. The molecular formula is C14H18F3N. The summed E-state index contributed by atoms with van der Waals surface area (Å²) in [5, 5.41) is 3.27. The lowest BCUT2D eigenvalue weighted by molar-refractivity contribution is 0.251. The number of hydrogen-bond donors (Lipinski definition) is 1. The zero-order valence-electron chi connectivity index (χ0n) is 10.5. The molecule has 0 spiro atoms. The highest BCUT2D eigenvalue weighted by molar-refractivity contribution is 5.20. The van der Waals surface area contributed by atoms with Crippen molar-refractivity contribution in [3.8, 4) is 0 Å². The number of hydrogen-bond acceptors (Lipinski definition) is 1. The molecule has 1 aliphatic rings. The van der Waals surface area contributed by atoms with Crippen molar-refractivity contribution in [1.82, 2.24) is 5.32 Å². The number of rotatable bonds is 3. The molecule has 1 saturated carbocycles. The van der Waals surface area contributed by atoms with Gasteiger partial charge in [-0.3, -0.25) is 0 Å². The van der Waals surface area contributed by atoms with E-state index < -0.39 is 17.5 Å². The van der Waals surface area contributed by atoms with Crippen LogP contribution < -0.4 is 5.32 Å². The summed E-state index contributed by atoms with van der Waals surface area (Å²) in [5.74, 6) is -2.83. The van der Waals surface area contributed by atoms with Crippen molar-refractivity contribution in [1.29, 1.82) is 0 Å². The third kappa shape index (κ3) is 3.05. The molecule has 1 aromatic carbocycles. The molecule has 0 saturated heterocycles. The van der Waals surface area contributed by atoms with Crippen LogP contribution in [0.4, 0.5) is 13.2 Å². The second-order valence-corrected chi connectivity index (χ2v) is 5.33. The second-order valence-electron chi connectivity index (χ2n) is 5.33. The second kappa shape index (κ2) is 5.31. The van der Waals surface area contributed by atoms with Gasteiger partial charge in [0.2, 0.25) is 0 Å². The minimum atomic E-state index is -1.14.